The number of allylic oxidation sites excluding steroid dienone is 1. The van der Waals surface area contributed by atoms with Crippen molar-refractivity contribution in [1.82, 2.24) is 0 Å². The standard InChI is InChI=1S/C19H22O2/c1-18(2)11-9-14(18)16-12-7-5-6-8-13(12)17(20)19(3,21-4)15(16)10-11/h5-8,11,14H,9-10H2,1-4H3/t11?,14?,19-/m0/s1. The number of hydrogen-bond donors (Lipinski definition) is 0. The fourth-order valence-electron chi connectivity index (χ4n) is 4.75. The number of methoxy groups -OCH3 is 1. The number of fused-ring (bicyclic) bond motifs is 1. The van der Waals surface area contributed by atoms with Crippen molar-refractivity contribution in [2.45, 2.75) is 39.2 Å². The SMILES string of the molecule is CO[C@]1(C)C(=O)c2ccccc2C2=C1CC1CC2C1(C)C. The molecule has 0 aromatic heterocycles. The van der Waals surface area contributed by atoms with Gasteiger partial charge in [-0.15, -0.1) is 0 Å². The fourth-order valence-corrected chi connectivity index (χ4v) is 4.75. The molecule has 1 saturated carbocycles. The quantitative estimate of drug-likeness (QED) is 0.775. The first-order valence-electron chi connectivity index (χ1n) is 7.84. The highest BCUT2D eigenvalue weighted by molar-refractivity contribution is 6.12. The summed E-state index contributed by atoms with van der Waals surface area (Å²) in [4.78, 5) is 12.9. The van der Waals surface area contributed by atoms with Gasteiger partial charge in [-0.3, -0.25) is 4.79 Å². The summed E-state index contributed by atoms with van der Waals surface area (Å²) in [6.45, 7) is 6.70. The number of hydrogen-bond acceptors (Lipinski definition) is 2. The Hall–Kier alpha value is -1.41. The molecule has 2 bridgehead atoms. The van der Waals surface area contributed by atoms with Crippen molar-refractivity contribution in [2.75, 3.05) is 7.11 Å². The average molecular weight is 282 g/mol. The van der Waals surface area contributed by atoms with Crippen LogP contribution in [-0.2, 0) is 4.74 Å². The van der Waals surface area contributed by atoms with Crippen LogP contribution in [0.2, 0.25) is 0 Å². The molecule has 4 aliphatic carbocycles. The molecule has 21 heavy (non-hydrogen) atoms. The minimum Gasteiger partial charge on any atom is -0.366 e. The van der Waals surface area contributed by atoms with Crippen LogP contribution in [0.25, 0.3) is 5.57 Å². The Morgan fingerprint density at radius 1 is 1.14 bits per heavy atom. The van der Waals surface area contributed by atoms with Gasteiger partial charge in [-0.2, -0.15) is 0 Å². The van der Waals surface area contributed by atoms with E-state index in [1.54, 1.807) is 7.11 Å². The number of ketones is 1. The van der Waals surface area contributed by atoms with Gasteiger partial charge in [0.2, 0.25) is 0 Å². The van der Waals surface area contributed by atoms with E-state index >= 15 is 0 Å². The van der Waals surface area contributed by atoms with Crippen LogP contribution in [0.3, 0.4) is 0 Å². The van der Waals surface area contributed by atoms with Gasteiger partial charge in [0, 0.05) is 12.7 Å². The summed E-state index contributed by atoms with van der Waals surface area (Å²) in [6, 6.07) is 8.07. The Balaban J connectivity index is 2.02. The second-order valence-electron chi connectivity index (χ2n) is 7.52. The van der Waals surface area contributed by atoms with Crippen molar-refractivity contribution in [2.24, 2.45) is 17.3 Å². The molecule has 2 nitrogen and oxygen atoms in total. The summed E-state index contributed by atoms with van der Waals surface area (Å²) in [5, 5.41) is 0. The largest absolute Gasteiger partial charge is 0.366 e. The zero-order valence-electron chi connectivity index (χ0n) is 13.2. The number of carbonyl (C=O) groups is 1. The summed E-state index contributed by atoms with van der Waals surface area (Å²) in [7, 11) is 1.67. The molecule has 1 aromatic rings. The van der Waals surface area contributed by atoms with Gasteiger partial charge in [-0.25, -0.2) is 0 Å². The van der Waals surface area contributed by atoms with E-state index in [1.165, 1.54) is 17.6 Å². The van der Waals surface area contributed by atoms with E-state index in [2.05, 4.69) is 19.9 Å². The van der Waals surface area contributed by atoms with E-state index in [4.69, 9.17) is 4.74 Å². The van der Waals surface area contributed by atoms with E-state index in [-0.39, 0.29) is 5.78 Å². The lowest BCUT2D eigenvalue weighted by molar-refractivity contribution is -0.0174. The van der Waals surface area contributed by atoms with Crippen LogP contribution < -0.4 is 0 Å². The first-order chi connectivity index (χ1) is 9.91. The number of rotatable bonds is 1. The molecular weight excluding hydrogens is 260 g/mol. The topological polar surface area (TPSA) is 26.3 Å². The first kappa shape index (κ1) is 13.3. The maximum atomic E-state index is 12.9. The van der Waals surface area contributed by atoms with Crippen LogP contribution in [0.5, 0.6) is 0 Å². The molecule has 0 saturated heterocycles. The summed E-state index contributed by atoms with van der Waals surface area (Å²) >= 11 is 0. The molecule has 0 radical (unpaired) electrons. The lowest BCUT2D eigenvalue weighted by Gasteiger charge is -2.60. The Bertz CT molecular complexity index is 683. The van der Waals surface area contributed by atoms with Gasteiger partial charge in [-0.05, 0) is 53.7 Å². The van der Waals surface area contributed by atoms with Gasteiger partial charge < -0.3 is 4.74 Å². The minimum atomic E-state index is -0.767. The minimum absolute atomic E-state index is 0.124. The molecule has 1 fully saturated rings. The van der Waals surface area contributed by atoms with E-state index in [1.807, 2.05) is 25.1 Å². The van der Waals surface area contributed by atoms with Crippen LogP contribution in [0.4, 0.5) is 0 Å². The van der Waals surface area contributed by atoms with Crippen LogP contribution in [0.1, 0.15) is 49.5 Å². The molecule has 110 valence electrons. The third-order valence-corrected chi connectivity index (χ3v) is 6.47. The molecule has 2 heteroatoms. The Morgan fingerprint density at radius 3 is 2.43 bits per heavy atom. The highest BCUT2D eigenvalue weighted by Gasteiger charge is 2.59. The zero-order chi connectivity index (χ0) is 15.0. The number of carbonyl (C=O) groups excluding carboxylic acids is 1. The maximum Gasteiger partial charge on any atom is 0.199 e. The molecule has 0 N–H and O–H groups in total. The third-order valence-electron chi connectivity index (χ3n) is 6.47. The van der Waals surface area contributed by atoms with Crippen LogP contribution in [0, 0.1) is 17.3 Å². The van der Waals surface area contributed by atoms with Crippen molar-refractivity contribution in [3.8, 4) is 0 Å². The molecule has 3 atom stereocenters. The smallest absolute Gasteiger partial charge is 0.199 e. The molecule has 0 amide bonds. The predicted molar refractivity (Wildman–Crippen MR) is 83.1 cm³/mol. The van der Waals surface area contributed by atoms with E-state index in [0.717, 1.165) is 17.5 Å². The monoisotopic (exact) mass is 282 g/mol. The number of benzene rings is 1. The van der Waals surface area contributed by atoms with Crippen LogP contribution >= 0.6 is 0 Å². The van der Waals surface area contributed by atoms with Gasteiger partial charge in [0.15, 0.2) is 5.78 Å². The highest BCUT2D eigenvalue weighted by atomic mass is 16.5. The molecule has 5 rings (SSSR count). The summed E-state index contributed by atoms with van der Waals surface area (Å²) < 4.78 is 5.75. The normalized spacial score (nSPS) is 35.9. The first-order valence-corrected chi connectivity index (χ1v) is 7.84. The van der Waals surface area contributed by atoms with Crippen molar-refractivity contribution in [1.29, 1.82) is 0 Å². The van der Waals surface area contributed by atoms with E-state index < -0.39 is 5.60 Å². The molecule has 0 heterocycles. The molecular formula is C19H22O2. The summed E-state index contributed by atoms with van der Waals surface area (Å²) in [5.74, 6) is 1.38. The zero-order valence-corrected chi connectivity index (χ0v) is 13.2. The van der Waals surface area contributed by atoms with Crippen molar-refractivity contribution < 1.29 is 9.53 Å². The van der Waals surface area contributed by atoms with E-state index in [9.17, 15) is 4.79 Å². The highest BCUT2D eigenvalue weighted by Crippen LogP contribution is 2.66. The van der Waals surface area contributed by atoms with Gasteiger partial charge in [0.25, 0.3) is 0 Å². The number of Topliss-reactive ketones (excluding diaryl/α,β-unsaturated/α-hetero) is 1. The second-order valence-corrected chi connectivity index (χ2v) is 7.52. The van der Waals surface area contributed by atoms with Crippen molar-refractivity contribution in [3.05, 3.63) is 41.0 Å². The lowest BCUT2D eigenvalue weighted by Crippen LogP contribution is -2.55. The summed E-state index contributed by atoms with van der Waals surface area (Å²) in [5.41, 5.74) is 4.22. The maximum absolute atomic E-state index is 12.9. The molecule has 2 unspecified atom stereocenters. The van der Waals surface area contributed by atoms with E-state index in [0.29, 0.717) is 17.3 Å². The van der Waals surface area contributed by atoms with Gasteiger partial charge >= 0.3 is 0 Å². The second kappa shape index (κ2) is 3.86. The Labute approximate surface area is 126 Å². The van der Waals surface area contributed by atoms with Gasteiger partial charge in [-0.1, -0.05) is 38.1 Å². The average Bonchev–Trinajstić information content (AvgIpc) is 2.51. The molecule has 0 aliphatic heterocycles. The summed E-state index contributed by atoms with van der Waals surface area (Å²) in [6.07, 6.45) is 2.26. The van der Waals surface area contributed by atoms with Crippen molar-refractivity contribution >= 4 is 11.4 Å². The van der Waals surface area contributed by atoms with Crippen molar-refractivity contribution in [3.63, 3.8) is 0 Å². The van der Waals surface area contributed by atoms with Crippen LogP contribution in [-0.4, -0.2) is 18.5 Å². The molecule has 0 spiro atoms. The van der Waals surface area contributed by atoms with Crippen LogP contribution in [0.15, 0.2) is 29.8 Å². The lowest BCUT2D eigenvalue weighted by atomic mass is 9.44. The number of ether oxygens (including phenoxy) is 1. The third kappa shape index (κ3) is 1.39. The van der Waals surface area contributed by atoms with Gasteiger partial charge in [0.05, 0.1) is 0 Å². The van der Waals surface area contributed by atoms with Gasteiger partial charge in [0.1, 0.15) is 5.60 Å². The Kier molecular flexibility index (Phi) is 2.44. The molecule has 1 aromatic carbocycles. The predicted octanol–water partition coefficient (Wildman–Crippen LogP) is 4.11. The molecule has 4 aliphatic rings. The Morgan fingerprint density at radius 2 is 1.81 bits per heavy atom. The fraction of sp³-hybridized carbons (Fsp3) is 0.526.